The van der Waals surface area contributed by atoms with E-state index in [1.54, 1.807) is 0 Å². The highest BCUT2D eigenvalue weighted by molar-refractivity contribution is 5.64. The Kier molecular flexibility index (Phi) is 3.95. The SMILES string of the molecule is Fc1ccc(-c2noc(C3(C(F)(F)F)CCN(c4nccn5nnnc45)C3)n2)cc1. The van der Waals surface area contributed by atoms with Gasteiger partial charge in [0.15, 0.2) is 11.2 Å². The number of halogens is 4. The lowest BCUT2D eigenvalue weighted by molar-refractivity contribution is -0.191. The summed E-state index contributed by atoms with van der Waals surface area (Å²) in [5, 5.41) is 14.8. The van der Waals surface area contributed by atoms with E-state index in [0.717, 1.165) is 0 Å². The van der Waals surface area contributed by atoms with Gasteiger partial charge in [-0.25, -0.2) is 9.37 Å². The smallest absolute Gasteiger partial charge is 0.352 e. The van der Waals surface area contributed by atoms with Crippen LogP contribution in [-0.2, 0) is 5.41 Å². The third-order valence-corrected chi connectivity index (χ3v) is 5.15. The quantitative estimate of drug-likeness (QED) is 0.466. The van der Waals surface area contributed by atoms with E-state index < -0.39 is 29.8 Å². The van der Waals surface area contributed by atoms with Gasteiger partial charge in [0.1, 0.15) is 5.82 Å². The Morgan fingerprint density at radius 3 is 2.70 bits per heavy atom. The van der Waals surface area contributed by atoms with Crippen molar-refractivity contribution in [2.24, 2.45) is 0 Å². The first-order chi connectivity index (χ1) is 14.4. The molecule has 4 heterocycles. The van der Waals surface area contributed by atoms with E-state index in [1.165, 1.54) is 46.1 Å². The molecule has 30 heavy (non-hydrogen) atoms. The first kappa shape index (κ1) is 18.4. The lowest BCUT2D eigenvalue weighted by Crippen LogP contribution is -2.45. The summed E-state index contributed by atoms with van der Waals surface area (Å²) in [4.78, 5) is 9.60. The van der Waals surface area contributed by atoms with Crippen LogP contribution in [0.1, 0.15) is 12.3 Å². The summed E-state index contributed by atoms with van der Waals surface area (Å²) < 4.78 is 62.2. The molecule has 154 valence electrons. The van der Waals surface area contributed by atoms with Crippen molar-refractivity contribution in [3.05, 3.63) is 48.4 Å². The minimum absolute atomic E-state index is 0.0350. The highest BCUT2D eigenvalue weighted by Crippen LogP contribution is 2.48. The van der Waals surface area contributed by atoms with Gasteiger partial charge in [0, 0.05) is 24.8 Å². The monoisotopic (exact) mass is 420 g/mol. The summed E-state index contributed by atoms with van der Waals surface area (Å²) in [6.45, 7) is -0.450. The predicted molar refractivity (Wildman–Crippen MR) is 92.8 cm³/mol. The predicted octanol–water partition coefficient (Wildman–Crippen LogP) is 2.42. The molecule has 1 saturated heterocycles. The summed E-state index contributed by atoms with van der Waals surface area (Å²) in [6.07, 6.45) is -2.07. The molecule has 0 amide bonds. The average molecular weight is 420 g/mol. The van der Waals surface area contributed by atoms with Crippen molar-refractivity contribution in [3.8, 4) is 11.4 Å². The molecule has 13 heteroatoms. The zero-order valence-electron chi connectivity index (χ0n) is 15.1. The number of nitrogens with zero attached hydrogens (tertiary/aromatic N) is 8. The number of benzene rings is 1. The fraction of sp³-hybridized carbons (Fsp3) is 0.294. The van der Waals surface area contributed by atoms with Gasteiger partial charge in [-0.05, 0) is 41.1 Å². The molecular weight excluding hydrogens is 408 g/mol. The van der Waals surface area contributed by atoms with Gasteiger partial charge in [0.2, 0.25) is 17.4 Å². The second-order valence-corrected chi connectivity index (χ2v) is 6.88. The van der Waals surface area contributed by atoms with Crippen molar-refractivity contribution >= 4 is 11.5 Å². The van der Waals surface area contributed by atoms with Crippen molar-refractivity contribution in [2.75, 3.05) is 18.0 Å². The van der Waals surface area contributed by atoms with Crippen LogP contribution < -0.4 is 4.90 Å². The first-order valence-electron chi connectivity index (χ1n) is 8.82. The molecule has 1 aliphatic heterocycles. The van der Waals surface area contributed by atoms with Gasteiger partial charge < -0.3 is 9.42 Å². The molecule has 1 unspecified atom stereocenters. The fourth-order valence-corrected chi connectivity index (χ4v) is 3.54. The zero-order chi connectivity index (χ0) is 20.9. The zero-order valence-corrected chi connectivity index (χ0v) is 15.1. The van der Waals surface area contributed by atoms with Crippen molar-refractivity contribution in [1.29, 1.82) is 0 Å². The van der Waals surface area contributed by atoms with E-state index in [4.69, 9.17) is 4.52 Å². The van der Waals surface area contributed by atoms with Crippen LogP contribution in [0.15, 0.2) is 41.2 Å². The van der Waals surface area contributed by atoms with Gasteiger partial charge in [0.25, 0.3) is 0 Å². The molecule has 9 nitrogen and oxygen atoms in total. The topological polar surface area (TPSA) is 98.1 Å². The minimum atomic E-state index is -4.66. The maximum absolute atomic E-state index is 14.2. The molecule has 0 radical (unpaired) electrons. The molecule has 1 aliphatic rings. The van der Waals surface area contributed by atoms with Gasteiger partial charge in [-0.3, -0.25) is 0 Å². The average Bonchev–Trinajstić information content (AvgIpc) is 3.46. The Morgan fingerprint density at radius 2 is 1.93 bits per heavy atom. The normalized spacial score (nSPS) is 19.7. The molecule has 1 fully saturated rings. The number of fused-ring (bicyclic) bond motifs is 1. The number of anilines is 1. The third-order valence-electron chi connectivity index (χ3n) is 5.15. The molecule has 3 aromatic heterocycles. The van der Waals surface area contributed by atoms with E-state index in [-0.39, 0.29) is 30.3 Å². The molecular formula is C17H12F4N8O. The number of tetrazole rings is 1. The second-order valence-electron chi connectivity index (χ2n) is 6.88. The van der Waals surface area contributed by atoms with Crippen molar-refractivity contribution < 1.29 is 22.1 Å². The summed E-state index contributed by atoms with van der Waals surface area (Å²) in [7, 11) is 0. The lowest BCUT2D eigenvalue weighted by atomic mass is 9.86. The Bertz CT molecular complexity index is 1200. The molecule has 0 spiro atoms. The van der Waals surface area contributed by atoms with E-state index >= 15 is 0 Å². The van der Waals surface area contributed by atoms with Crippen LogP contribution in [-0.4, -0.2) is 54.4 Å². The highest BCUT2D eigenvalue weighted by Gasteiger charge is 2.63. The minimum Gasteiger partial charge on any atom is -0.352 e. The maximum atomic E-state index is 14.2. The Morgan fingerprint density at radius 1 is 1.13 bits per heavy atom. The Labute approximate surface area is 165 Å². The highest BCUT2D eigenvalue weighted by atomic mass is 19.4. The van der Waals surface area contributed by atoms with Gasteiger partial charge in [-0.2, -0.15) is 22.7 Å². The number of hydrogen-bond donors (Lipinski definition) is 0. The molecule has 0 saturated carbocycles. The third kappa shape index (κ3) is 2.76. The van der Waals surface area contributed by atoms with Gasteiger partial charge in [0.05, 0.1) is 6.20 Å². The van der Waals surface area contributed by atoms with Crippen LogP contribution in [0.5, 0.6) is 0 Å². The second kappa shape index (κ2) is 6.43. The largest absolute Gasteiger partial charge is 0.405 e. The van der Waals surface area contributed by atoms with Gasteiger partial charge in [-0.15, -0.1) is 5.10 Å². The molecule has 0 aliphatic carbocycles. The summed E-state index contributed by atoms with van der Waals surface area (Å²) in [6, 6.07) is 5.07. The van der Waals surface area contributed by atoms with E-state index in [2.05, 4.69) is 30.7 Å². The Hall–Kier alpha value is -3.64. The molecule has 0 N–H and O–H groups in total. The molecule has 1 aromatic carbocycles. The lowest BCUT2D eigenvalue weighted by Gasteiger charge is -2.28. The van der Waals surface area contributed by atoms with Crippen LogP contribution in [0.3, 0.4) is 0 Å². The molecule has 0 bridgehead atoms. The summed E-state index contributed by atoms with van der Waals surface area (Å²) >= 11 is 0. The standard InChI is InChI=1S/C17H12F4N8O/c18-11-3-1-10(2-4-11)12-23-15(30-25-12)16(17(19,20)21)5-7-28(9-16)13-14-24-26-27-29(14)8-6-22-13/h1-4,6,8H,5,7,9H2. The molecule has 1 atom stereocenters. The number of aromatic nitrogens is 7. The maximum Gasteiger partial charge on any atom is 0.405 e. The van der Waals surface area contributed by atoms with Crippen LogP contribution >= 0.6 is 0 Å². The van der Waals surface area contributed by atoms with Gasteiger partial charge in [-0.1, -0.05) is 5.16 Å². The summed E-state index contributed by atoms with van der Waals surface area (Å²) in [5.74, 6) is -0.852. The first-order valence-corrected chi connectivity index (χ1v) is 8.82. The van der Waals surface area contributed by atoms with Gasteiger partial charge >= 0.3 is 6.18 Å². The van der Waals surface area contributed by atoms with Crippen LogP contribution in [0, 0.1) is 5.82 Å². The number of alkyl halides is 3. The fourth-order valence-electron chi connectivity index (χ4n) is 3.54. The number of rotatable bonds is 3. The van der Waals surface area contributed by atoms with Crippen molar-refractivity contribution in [2.45, 2.75) is 18.0 Å². The van der Waals surface area contributed by atoms with E-state index in [0.29, 0.717) is 5.56 Å². The van der Waals surface area contributed by atoms with Crippen molar-refractivity contribution in [3.63, 3.8) is 0 Å². The van der Waals surface area contributed by atoms with Crippen LogP contribution in [0.25, 0.3) is 17.0 Å². The molecule has 5 rings (SSSR count). The van der Waals surface area contributed by atoms with E-state index in [9.17, 15) is 17.6 Å². The number of hydrogen-bond acceptors (Lipinski definition) is 8. The van der Waals surface area contributed by atoms with Crippen molar-refractivity contribution in [1.82, 2.24) is 35.2 Å². The van der Waals surface area contributed by atoms with E-state index in [1.807, 2.05) is 0 Å². The Balaban J connectivity index is 1.53. The summed E-state index contributed by atoms with van der Waals surface area (Å²) in [5.41, 5.74) is -1.80. The van der Waals surface area contributed by atoms with Crippen LogP contribution in [0.2, 0.25) is 0 Å². The van der Waals surface area contributed by atoms with Crippen LogP contribution in [0.4, 0.5) is 23.4 Å². The molecule has 4 aromatic rings.